The van der Waals surface area contributed by atoms with E-state index in [4.69, 9.17) is 28.5 Å². The minimum absolute atomic E-state index is 0.181. The van der Waals surface area contributed by atoms with Gasteiger partial charge in [-0.05, 0) is 29.8 Å². The smallest absolute Gasteiger partial charge is 0.339 e. The van der Waals surface area contributed by atoms with E-state index in [2.05, 4.69) is 15.3 Å². The monoisotopic (exact) mass is 332 g/mol. The number of rotatable bonds is 2. The first kappa shape index (κ1) is 15.4. The first-order valence-corrected chi connectivity index (χ1v) is 6.13. The van der Waals surface area contributed by atoms with Crippen LogP contribution < -0.4 is 5.32 Å². The van der Waals surface area contributed by atoms with Crippen LogP contribution in [0.4, 0.5) is 24.7 Å². The van der Waals surface area contributed by atoms with E-state index < -0.39 is 17.2 Å². The Hall–Kier alpha value is -2.04. The summed E-state index contributed by atoms with van der Waals surface area (Å²) in [5.74, 6) is -0.181. The maximum Gasteiger partial charge on any atom is 0.433 e. The Morgan fingerprint density at radius 2 is 1.86 bits per heavy atom. The molecular formula is C12H5Cl2F3N4. The van der Waals surface area contributed by atoms with Gasteiger partial charge in [-0.15, -0.1) is 0 Å². The molecule has 0 radical (unpaired) electrons. The fourth-order valence-corrected chi connectivity index (χ4v) is 1.80. The largest absolute Gasteiger partial charge is 0.433 e. The second kappa shape index (κ2) is 5.76. The number of alkyl halides is 3. The van der Waals surface area contributed by atoms with Crippen molar-refractivity contribution in [1.82, 2.24) is 9.97 Å². The highest BCUT2D eigenvalue weighted by Gasteiger charge is 2.33. The van der Waals surface area contributed by atoms with E-state index in [9.17, 15) is 13.2 Å². The molecule has 0 saturated carbocycles. The summed E-state index contributed by atoms with van der Waals surface area (Å²) in [6.45, 7) is 0. The summed E-state index contributed by atoms with van der Waals surface area (Å²) in [4.78, 5) is 6.75. The maximum atomic E-state index is 12.6. The highest BCUT2D eigenvalue weighted by Crippen LogP contribution is 2.31. The second-order valence-corrected chi connectivity index (χ2v) is 4.58. The summed E-state index contributed by atoms with van der Waals surface area (Å²) >= 11 is 11.4. The van der Waals surface area contributed by atoms with Gasteiger partial charge in [0.15, 0.2) is 5.69 Å². The van der Waals surface area contributed by atoms with Gasteiger partial charge < -0.3 is 5.32 Å². The molecule has 1 aromatic carbocycles. The Kier molecular flexibility index (Phi) is 4.21. The molecule has 1 aromatic heterocycles. The zero-order valence-electron chi connectivity index (χ0n) is 10.0. The summed E-state index contributed by atoms with van der Waals surface area (Å²) in [7, 11) is 0. The molecule has 0 atom stereocenters. The van der Waals surface area contributed by atoms with E-state index >= 15 is 0 Å². The van der Waals surface area contributed by atoms with Crippen molar-refractivity contribution in [3.8, 4) is 6.07 Å². The number of anilines is 2. The van der Waals surface area contributed by atoms with Crippen LogP contribution in [-0.4, -0.2) is 9.97 Å². The van der Waals surface area contributed by atoms with Gasteiger partial charge in [-0.1, -0.05) is 11.6 Å². The van der Waals surface area contributed by atoms with Gasteiger partial charge in [-0.25, -0.2) is 9.97 Å². The molecule has 1 N–H and O–H groups in total. The van der Waals surface area contributed by atoms with Crippen LogP contribution in [0, 0.1) is 11.3 Å². The third-order valence-electron chi connectivity index (χ3n) is 2.35. The number of benzene rings is 1. The van der Waals surface area contributed by atoms with Crippen LogP contribution in [-0.2, 0) is 6.18 Å². The molecule has 2 rings (SSSR count). The molecule has 0 aliphatic carbocycles. The third-order valence-corrected chi connectivity index (χ3v) is 2.85. The van der Waals surface area contributed by atoms with Crippen molar-refractivity contribution < 1.29 is 13.2 Å². The molecule has 21 heavy (non-hydrogen) atoms. The fourth-order valence-electron chi connectivity index (χ4n) is 1.46. The molecule has 0 spiro atoms. The van der Waals surface area contributed by atoms with Crippen molar-refractivity contribution in [2.24, 2.45) is 0 Å². The van der Waals surface area contributed by atoms with E-state index in [1.54, 1.807) is 0 Å². The van der Waals surface area contributed by atoms with E-state index in [1.165, 1.54) is 18.2 Å². The van der Waals surface area contributed by atoms with Crippen molar-refractivity contribution in [1.29, 1.82) is 5.26 Å². The molecule has 0 bridgehead atoms. The average molecular weight is 333 g/mol. The van der Waals surface area contributed by atoms with Crippen LogP contribution in [0.15, 0.2) is 24.3 Å². The SMILES string of the molecule is N#Cc1ccc(Cl)c(Nc2cc(C(F)(F)F)nc(Cl)n2)c1. The van der Waals surface area contributed by atoms with Gasteiger partial charge in [-0.3, -0.25) is 0 Å². The standard InChI is InChI=1S/C12H5Cl2F3N4/c13-7-2-1-6(5-18)3-8(7)19-10-4-9(12(15,16)17)20-11(14)21-10/h1-4H,(H,19,20,21). The molecule has 4 nitrogen and oxygen atoms in total. The van der Waals surface area contributed by atoms with Crippen molar-refractivity contribution in [2.45, 2.75) is 6.18 Å². The molecule has 0 aliphatic heterocycles. The van der Waals surface area contributed by atoms with Crippen LogP contribution in [0.3, 0.4) is 0 Å². The van der Waals surface area contributed by atoms with Crippen molar-refractivity contribution in [2.75, 3.05) is 5.32 Å². The lowest BCUT2D eigenvalue weighted by atomic mass is 10.2. The van der Waals surface area contributed by atoms with Gasteiger partial charge in [0.25, 0.3) is 0 Å². The van der Waals surface area contributed by atoms with Gasteiger partial charge in [-0.2, -0.15) is 18.4 Å². The zero-order valence-corrected chi connectivity index (χ0v) is 11.6. The Labute approximate surface area is 127 Å². The highest BCUT2D eigenvalue weighted by molar-refractivity contribution is 6.33. The lowest BCUT2D eigenvalue weighted by molar-refractivity contribution is -0.141. The molecule has 2 aromatic rings. The molecule has 0 aliphatic rings. The third kappa shape index (κ3) is 3.74. The molecule has 0 unspecified atom stereocenters. The summed E-state index contributed by atoms with van der Waals surface area (Å²) in [5.41, 5.74) is -0.658. The van der Waals surface area contributed by atoms with Gasteiger partial charge in [0.05, 0.1) is 22.3 Å². The summed E-state index contributed by atoms with van der Waals surface area (Å²) in [5, 5.41) is 11.0. The summed E-state index contributed by atoms with van der Waals surface area (Å²) in [6, 6.07) is 6.88. The van der Waals surface area contributed by atoms with E-state index in [0.29, 0.717) is 6.07 Å². The fraction of sp³-hybridized carbons (Fsp3) is 0.0833. The van der Waals surface area contributed by atoms with Crippen molar-refractivity contribution >= 4 is 34.7 Å². The first-order valence-electron chi connectivity index (χ1n) is 5.38. The molecule has 1 heterocycles. The molecule has 9 heteroatoms. The van der Waals surface area contributed by atoms with Crippen molar-refractivity contribution in [3.63, 3.8) is 0 Å². The Bertz CT molecular complexity index is 725. The Morgan fingerprint density at radius 3 is 2.48 bits per heavy atom. The van der Waals surface area contributed by atoms with Crippen LogP contribution in [0.1, 0.15) is 11.3 Å². The second-order valence-electron chi connectivity index (χ2n) is 3.84. The predicted molar refractivity (Wildman–Crippen MR) is 71.5 cm³/mol. The molecule has 108 valence electrons. The quantitative estimate of drug-likeness (QED) is 0.827. The Balaban J connectivity index is 2.41. The first-order chi connectivity index (χ1) is 9.79. The normalized spacial score (nSPS) is 11.0. The molecular weight excluding hydrogens is 328 g/mol. The van der Waals surface area contributed by atoms with Gasteiger partial charge >= 0.3 is 6.18 Å². The topological polar surface area (TPSA) is 61.6 Å². The van der Waals surface area contributed by atoms with Gasteiger partial charge in [0.2, 0.25) is 5.28 Å². The number of nitrogens with zero attached hydrogens (tertiary/aromatic N) is 3. The predicted octanol–water partition coefficient (Wildman–Crippen LogP) is 4.42. The minimum Gasteiger partial charge on any atom is -0.339 e. The molecule has 0 saturated heterocycles. The highest BCUT2D eigenvalue weighted by atomic mass is 35.5. The number of nitriles is 1. The van der Waals surface area contributed by atoms with Crippen LogP contribution >= 0.6 is 23.2 Å². The lowest BCUT2D eigenvalue weighted by Gasteiger charge is -2.11. The number of aromatic nitrogens is 2. The lowest BCUT2D eigenvalue weighted by Crippen LogP contribution is -2.10. The summed E-state index contributed by atoms with van der Waals surface area (Å²) < 4.78 is 37.9. The van der Waals surface area contributed by atoms with Gasteiger partial charge in [0, 0.05) is 6.07 Å². The van der Waals surface area contributed by atoms with E-state index in [1.807, 2.05) is 6.07 Å². The molecule has 0 fully saturated rings. The number of hydrogen-bond donors (Lipinski definition) is 1. The summed E-state index contributed by atoms with van der Waals surface area (Å²) in [6.07, 6.45) is -4.65. The Morgan fingerprint density at radius 1 is 1.14 bits per heavy atom. The van der Waals surface area contributed by atoms with E-state index in [0.717, 1.165) is 0 Å². The number of hydrogen-bond acceptors (Lipinski definition) is 4. The van der Waals surface area contributed by atoms with Crippen LogP contribution in [0.2, 0.25) is 10.3 Å². The maximum absolute atomic E-state index is 12.6. The van der Waals surface area contributed by atoms with Crippen molar-refractivity contribution in [3.05, 3.63) is 45.8 Å². The van der Waals surface area contributed by atoms with Crippen LogP contribution in [0.25, 0.3) is 0 Å². The van der Waals surface area contributed by atoms with Crippen LogP contribution in [0.5, 0.6) is 0 Å². The number of nitrogens with one attached hydrogen (secondary N) is 1. The molecule has 0 amide bonds. The number of halogens is 5. The van der Waals surface area contributed by atoms with Gasteiger partial charge in [0.1, 0.15) is 5.82 Å². The average Bonchev–Trinajstić information content (AvgIpc) is 2.39. The minimum atomic E-state index is -4.65. The van der Waals surface area contributed by atoms with E-state index in [-0.39, 0.29) is 22.1 Å². The zero-order chi connectivity index (χ0) is 15.6.